The number of fused-ring (bicyclic) bond motifs is 2. The topological polar surface area (TPSA) is 6.48 Å². The maximum absolute atomic E-state index is 2.31. The summed E-state index contributed by atoms with van der Waals surface area (Å²) in [6, 6.07) is 58.5. The quantitative estimate of drug-likeness (QED) is 0.199. The van der Waals surface area contributed by atoms with Gasteiger partial charge in [-0.15, -0.1) is 0 Å². The minimum Gasteiger partial charge on any atom is -0.345 e. The Labute approximate surface area is 241 Å². The Morgan fingerprint density at radius 2 is 0.756 bits per heavy atom. The van der Waals surface area contributed by atoms with Crippen molar-refractivity contribution < 1.29 is 0 Å². The first-order valence-electron chi connectivity index (χ1n) is 14.0. The molecule has 7 aromatic carbocycles. The third-order valence-electron chi connectivity index (χ3n) is 7.82. The van der Waals surface area contributed by atoms with Gasteiger partial charge in [-0.05, 0) is 105 Å². The van der Waals surface area contributed by atoms with Crippen LogP contribution < -0.4 is 9.80 Å². The van der Waals surface area contributed by atoms with E-state index in [9.17, 15) is 0 Å². The Morgan fingerprint density at radius 1 is 0.317 bits per heavy atom. The normalized spacial score (nSPS) is 11.0. The number of benzene rings is 7. The van der Waals surface area contributed by atoms with Gasteiger partial charge in [0, 0.05) is 35.5 Å². The highest BCUT2D eigenvalue weighted by Gasteiger charge is 2.14. The molecular weight excluding hydrogens is 496 g/mol. The lowest BCUT2D eigenvalue weighted by Crippen LogP contribution is -2.12. The van der Waals surface area contributed by atoms with Crippen LogP contribution in [0, 0.1) is 0 Å². The predicted molar refractivity (Wildman–Crippen MR) is 176 cm³/mol. The molecule has 0 atom stereocenters. The van der Waals surface area contributed by atoms with E-state index in [4.69, 9.17) is 0 Å². The van der Waals surface area contributed by atoms with Gasteiger partial charge in [-0.2, -0.15) is 0 Å². The molecule has 0 radical (unpaired) electrons. The van der Waals surface area contributed by atoms with Gasteiger partial charge in [-0.3, -0.25) is 0 Å². The third kappa shape index (κ3) is 4.92. The molecule has 0 N–H and O–H groups in total. The van der Waals surface area contributed by atoms with E-state index in [1.54, 1.807) is 0 Å². The van der Waals surface area contributed by atoms with E-state index in [0.29, 0.717) is 0 Å². The summed E-state index contributed by atoms with van der Waals surface area (Å²) in [5, 5.41) is 5.04. The second-order valence-electron chi connectivity index (χ2n) is 10.4. The van der Waals surface area contributed by atoms with E-state index in [2.05, 4.69) is 181 Å². The maximum Gasteiger partial charge on any atom is 0.0463 e. The van der Waals surface area contributed by atoms with Crippen LogP contribution in [0.25, 0.3) is 32.7 Å². The molecule has 196 valence electrons. The second-order valence-corrected chi connectivity index (χ2v) is 10.4. The largest absolute Gasteiger partial charge is 0.345 e. The second kappa shape index (κ2) is 10.7. The molecule has 0 aliphatic rings. The van der Waals surface area contributed by atoms with Gasteiger partial charge in [-0.25, -0.2) is 0 Å². The van der Waals surface area contributed by atoms with Crippen LogP contribution in [0.2, 0.25) is 0 Å². The highest BCUT2D eigenvalue weighted by Crippen LogP contribution is 2.37. The number of hydrogen-bond donors (Lipinski definition) is 0. The van der Waals surface area contributed by atoms with E-state index in [1.165, 1.54) is 32.7 Å². The van der Waals surface area contributed by atoms with E-state index < -0.39 is 0 Å². The standard InChI is InChI=1S/C39H30N2/c1-40(39-21-18-33-26-31-12-8-9-13-32(31)27-34(33)28-39)35-22-24-38(25-23-35)41(36-14-6-3-7-15-36)37-19-16-30(17-20-37)29-10-4-2-5-11-29/h2-28H,1H3. The third-order valence-corrected chi connectivity index (χ3v) is 7.82. The molecule has 2 heteroatoms. The number of rotatable bonds is 6. The first-order valence-corrected chi connectivity index (χ1v) is 14.0. The Morgan fingerprint density at radius 3 is 1.41 bits per heavy atom. The smallest absolute Gasteiger partial charge is 0.0463 e. The summed E-state index contributed by atoms with van der Waals surface area (Å²) in [5.74, 6) is 0. The zero-order valence-electron chi connectivity index (χ0n) is 23.0. The Hall–Kier alpha value is -5.34. The lowest BCUT2D eigenvalue weighted by atomic mass is 10.0. The van der Waals surface area contributed by atoms with Crippen molar-refractivity contribution in [2.24, 2.45) is 0 Å². The monoisotopic (exact) mass is 526 g/mol. The Bertz CT molecular complexity index is 1930. The van der Waals surface area contributed by atoms with Crippen molar-refractivity contribution in [1.82, 2.24) is 0 Å². The Balaban J connectivity index is 1.20. The van der Waals surface area contributed by atoms with Crippen molar-refractivity contribution in [2.45, 2.75) is 0 Å². The SMILES string of the molecule is CN(c1ccc(N(c2ccccc2)c2ccc(-c3ccccc3)cc2)cc1)c1ccc2cc3ccccc3cc2c1. The van der Waals surface area contributed by atoms with Crippen LogP contribution >= 0.6 is 0 Å². The molecule has 0 heterocycles. The lowest BCUT2D eigenvalue weighted by molar-refractivity contribution is 1.21. The van der Waals surface area contributed by atoms with Gasteiger partial charge in [0.15, 0.2) is 0 Å². The zero-order valence-corrected chi connectivity index (χ0v) is 23.0. The summed E-state index contributed by atoms with van der Waals surface area (Å²) < 4.78 is 0. The average molecular weight is 527 g/mol. The first kappa shape index (κ1) is 24.7. The number of nitrogens with zero attached hydrogens (tertiary/aromatic N) is 2. The van der Waals surface area contributed by atoms with Crippen LogP contribution in [0.3, 0.4) is 0 Å². The van der Waals surface area contributed by atoms with Gasteiger partial charge in [0.05, 0.1) is 0 Å². The highest BCUT2D eigenvalue weighted by atomic mass is 15.1. The van der Waals surface area contributed by atoms with E-state index in [1.807, 2.05) is 0 Å². The summed E-state index contributed by atoms with van der Waals surface area (Å²) in [6.45, 7) is 0. The minimum atomic E-state index is 1.12. The fraction of sp³-hybridized carbons (Fsp3) is 0.0256. The Kier molecular flexibility index (Phi) is 6.42. The summed E-state index contributed by atoms with van der Waals surface area (Å²) >= 11 is 0. The van der Waals surface area contributed by atoms with Gasteiger partial charge in [-0.1, -0.05) is 91.0 Å². The van der Waals surface area contributed by atoms with Crippen LogP contribution in [0.4, 0.5) is 28.4 Å². The van der Waals surface area contributed by atoms with Crippen LogP contribution in [-0.2, 0) is 0 Å². The van der Waals surface area contributed by atoms with Crippen molar-refractivity contribution in [1.29, 1.82) is 0 Å². The molecule has 0 amide bonds. The molecule has 0 aliphatic heterocycles. The summed E-state index contributed by atoms with van der Waals surface area (Å²) in [5.41, 5.74) is 8.10. The van der Waals surface area contributed by atoms with Gasteiger partial charge in [0.25, 0.3) is 0 Å². The van der Waals surface area contributed by atoms with Crippen LogP contribution in [0.5, 0.6) is 0 Å². The van der Waals surface area contributed by atoms with E-state index in [0.717, 1.165) is 28.4 Å². The molecule has 41 heavy (non-hydrogen) atoms. The molecule has 0 fully saturated rings. The van der Waals surface area contributed by atoms with Gasteiger partial charge in [0.2, 0.25) is 0 Å². The fourth-order valence-electron chi connectivity index (χ4n) is 5.57. The summed E-state index contributed by atoms with van der Waals surface area (Å²) in [4.78, 5) is 4.56. The minimum absolute atomic E-state index is 1.12. The number of para-hydroxylation sites is 1. The molecular formula is C39H30N2. The zero-order chi connectivity index (χ0) is 27.6. The van der Waals surface area contributed by atoms with Crippen LogP contribution in [-0.4, -0.2) is 7.05 Å². The van der Waals surface area contributed by atoms with Gasteiger partial charge >= 0.3 is 0 Å². The highest BCUT2D eigenvalue weighted by molar-refractivity contribution is 5.99. The molecule has 0 aromatic heterocycles. The molecule has 7 aromatic rings. The van der Waals surface area contributed by atoms with Crippen molar-refractivity contribution in [3.05, 3.63) is 164 Å². The van der Waals surface area contributed by atoms with Crippen LogP contribution in [0.15, 0.2) is 164 Å². The molecule has 0 aliphatic carbocycles. The van der Waals surface area contributed by atoms with Crippen molar-refractivity contribution in [3.8, 4) is 11.1 Å². The summed E-state index contributed by atoms with van der Waals surface area (Å²) in [7, 11) is 2.13. The number of anilines is 5. The maximum atomic E-state index is 2.31. The van der Waals surface area contributed by atoms with E-state index in [-0.39, 0.29) is 0 Å². The van der Waals surface area contributed by atoms with Crippen LogP contribution in [0.1, 0.15) is 0 Å². The molecule has 0 saturated heterocycles. The molecule has 0 spiro atoms. The van der Waals surface area contributed by atoms with Crippen molar-refractivity contribution in [3.63, 3.8) is 0 Å². The van der Waals surface area contributed by atoms with Crippen molar-refractivity contribution in [2.75, 3.05) is 16.8 Å². The first-order chi connectivity index (χ1) is 20.2. The molecule has 0 unspecified atom stereocenters. The van der Waals surface area contributed by atoms with E-state index >= 15 is 0 Å². The molecule has 0 bridgehead atoms. The summed E-state index contributed by atoms with van der Waals surface area (Å²) in [6.07, 6.45) is 0. The number of hydrogen-bond acceptors (Lipinski definition) is 2. The fourth-order valence-corrected chi connectivity index (χ4v) is 5.57. The van der Waals surface area contributed by atoms with Gasteiger partial charge in [0.1, 0.15) is 0 Å². The molecule has 7 rings (SSSR count). The van der Waals surface area contributed by atoms with Crippen molar-refractivity contribution >= 4 is 50.0 Å². The predicted octanol–water partition coefficient (Wildman–Crippen LogP) is 10.9. The molecule has 2 nitrogen and oxygen atoms in total. The van der Waals surface area contributed by atoms with Gasteiger partial charge < -0.3 is 9.80 Å². The average Bonchev–Trinajstić information content (AvgIpc) is 3.05. The molecule has 0 saturated carbocycles. The lowest BCUT2D eigenvalue weighted by Gasteiger charge is -2.27.